The average Bonchev–Trinajstić information content (AvgIpc) is 3.11. The number of carbonyl (C=O) groups is 1. The van der Waals surface area contributed by atoms with Gasteiger partial charge in [0.05, 0.1) is 24.8 Å². The van der Waals surface area contributed by atoms with Crippen LogP contribution in [0.5, 0.6) is 0 Å². The molecule has 24 heavy (non-hydrogen) atoms. The van der Waals surface area contributed by atoms with Crippen LogP contribution < -0.4 is 5.32 Å². The molecule has 4 heteroatoms. The van der Waals surface area contributed by atoms with Crippen LogP contribution in [0.15, 0.2) is 42.5 Å². The molecule has 0 aromatic heterocycles. The Labute approximate surface area is 141 Å². The van der Waals surface area contributed by atoms with E-state index in [-0.39, 0.29) is 18.1 Å². The summed E-state index contributed by atoms with van der Waals surface area (Å²) >= 11 is 0. The number of nitrogens with one attached hydrogen (secondary N) is 1. The summed E-state index contributed by atoms with van der Waals surface area (Å²) in [6.45, 7) is 2.91. The van der Waals surface area contributed by atoms with Crippen LogP contribution in [-0.2, 0) is 9.47 Å². The molecule has 2 aliphatic rings. The minimum atomic E-state index is -0.305. The van der Waals surface area contributed by atoms with Crippen molar-refractivity contribution in [3.8, 4) is 0 Å². The van der Waals surface area contributed by atoms with Gasteiger partial charge in [0.2, 0.25) is 0 Å². The zero-order chi connectivity index (χ0) is 16.7. The molecule has 0 amide bonds. The fourth-order valence-electron chi connectivity index (χ4n) is 3.87. The Morgan fingerprint density at radius 2 is 2.00 bits per heavy atom. The number of methoxy groups -OCH3 is 1. The van der Waals surface area contributed by atoms with Gasteiger partial charge in [0.25, 0.3) is 0 Å². The second kappa shape index (κ2) is 5.95. The summed E-state index contributed by atoms with van der Waals surface area (Å²) in [6.07, 6.45) is 1.18. The second-order valence-corrected chi connectivity index (χ2v) is 6.57. The monoisotopic (exact) mass is 323 g/mol. The van der Waals surface area contributed by atoms with Crippen LogP contribution in [0.25, 0.3) is 0 Å². The molecule has 2 aliphatic heterocycles. The van der Waals surface area contributed by atoms with Gasteiger partial charge in [-0.1, -0.05) is 29.8 Å². The lowest BCUT2D eigenvalue weighted by atomic mass is 9.80. The summed E-state index contributed by atoms with van der Waals surface area (Å²) in [6, 6.07) is 14.4. The Hall–Kier alpha value is -2.33. The second-order valence-electron chi connectivity index (χ2n) is 6.57. The minimum Gasteiger partial charge on any atom is -0.465 e. The number of rotatable bonds is 2. The SMILES string of the molecule is COC(=O)c1ccc([C@H]2Nc3ccc(C)cc3[C@H]3OCC[C@@H]23)cc1. The smallest absolute Gasteiger partial charge is 0.337 e. The first-order chi connectivity index (χ1) is 11.7. The summed E-state index contributed by atoms with van der Waals surface area (Å²) < 4.78 is 10.8. The number of hydrogen-bond donors (Lipinski definition) is 1. The van der Waals surface area contributed by atoms with Crippen LogP contribution in [0.3, 0.4) is 0 Å². The lowest BCUT2D eigenvalue weighted by Gasteiger charge is -2.36. The Morgan fingerprint density at radius 1 is 1.21 bits per heavy atom. The van der Waals surface area contributed by atoms with E-state index in [2.05, 4.69) is 30.4 Å². The average molecular weight is 323 g/mol. The summed E-state index contributed by atoms with van der Waals surface area (Å²) in [4.78, 5) is 11.6. The van der Waals surface area contributed by atoms with E-state index in [4.69, 9.17) is 9.47 Å². The summed E-state index contributed by atoms with van der Waals surface area (Å²) in [7, 11) is 1.40. The predicted octanol–water partition coefficient (Wildman–Crippen LogP) is 4.03. The van der Waals surface area contributed by atoms with E-state index in [1.807, 2.05) is 24.3 Å². The van der Waals surface area contributed by atoms with E-state index in [0.717, 1.165) is 18.7 Å². The van der Waals surface area contributed by atoms with Gasteiger partial charge in [-0.15, -0.1) is 0 Å². The molecule has 1 N–H and O–H groups in total. The fourth-order valence-corrected chi connectivity index (χ4v) is 3.87. The summed E-state index contributed by atoms with van der Waals surface area (Å²) in [5.74, 6) is 0.101. The number of aryl methyl sites for hydroxylation is 1. The highest BCUT2D eigenvalue weighted by Gasteiger charge is 2.41. The lowest BCUT2D eigenvalue weighted by Crippen LogP contribution is -2.29. The van der Waals surface area contributed by atoms with E-state index in [9.17, 15) is 4.79 Å². The van der Waals surface area contributed by atoms with Gasteiger partial charge in [0.1, 0.15) is 0 Å². The molecule has 1 saturated heterocycles. The topological polar surface area (TPSA) is 47.6 Å². The first-order valence-corrected chi connectivity index (χ1v) is 8.34. The van der Waals surface area contributed by atoms with Crippen molar-refractivity contribution in [2.75, 3.05) is 19.0 Å². The van der Waals surface area contributed by atoms with Gasteiger partial charge in [-0.05, 0) is 37.1 Å². The van der Waals surface area contributed by atoms with Gasteiger partial charge in [-0.2, -0.15) is 0 Å². The Morgan fingerprint density at radius 3 is 2.75 bits per heavy atom. The Kier molecular flexibility index (Phi) is 3.77. The maximum Gasteiger partial charge on any atom is 0.337 e. The molecule has 2 aromatic rings. The molecule has 0 bridgehead atoms. The standard InChI is InChI=1S/C20H21NO3/c1-12-3-8-17-16(11-12)19-15(9-10-24-19)18(21-17)13-4-6-14(7-5-13)20(22)23-2/h3-8,11,15,18-19,21H,9-10H2,1-2H3/t15-,18+,19-/m0/s1. The Balaban J connectivity index is 1.68. The molecule has 4 rings (SSSR count). The molecular weight excluding hydrogens is 302 g/mol. The molecule has 2 aromatic carbocycles. The number of anilines is 1. The van der Waals surface area contributed by atoms with Gasteiger partial charge in [0.15, 0.2) is 0 Å². The third kappa shape index (κ3) is 2.47. The molecule has 0 saturated carbocycles. The van der Waals surface area contributed by atoms with Crippen LogP contribution in [0, 0.1) is 12.8 Å². The predicted molar refractivity (Wildman–Crippen MR) is 92.1 cm³/mol. The van der Waals surface area contributed by atoms with Crippen molar-refractivity contribution in [3.63, 3.8) is 0 Å². The quantitative estimate of drug-likeness (QED) is 0.848. The first-order valence-electron chi connectivity index (χ1n) is 8.34. The first kappa shape index (κ1) is 15.2. The normalized spacial score (nSPS) is 24.7. The van der Waals surface area contributed by atoms with Gasteiger partial charge < -0.3 is 14.8 Å². The molecule has 3 atom stereocenters. The van der Waals surface area contributed by atoms with Crippen molar-refractivity contribution >= 4 is 11.7 Å². The zero-order valence-electron chi connectivity index (χ0n) is 13.9. The highest BCUT2D eigenvalue weighted by atomic mass is 16.5. The van der Waals surface area contributed by atoms with E-state index in [1.54, 1.807) is 0 Å². The number of fused-ring (bicyclic) bond motifs is 3. The number of benzene rings is 2. The van der Waals surface area contributed by atoms with Crippen molar-refractivity contribution in [1.82, 2.24) is 0 Å². The van der Waals surface area contributed by atoms with E-state index < -0.39 is 0 Å². The molecule has 124 valence electrons. The minimum absolute atomic E-state index is 0.145. The van der Waals surface area contributed by atoms with Gasteiger partial charge in [-0.3, -0.25) is 0 Å². The molecule has 1 fully saturated rings. The van der Waals surface area contributed by atoms with Gasteiger partial charge in [0, 0.05) is 23.8 Å². The van der Waals surface area contributed by atoms with Crippen LogP contribution >= 0.6 is 0 Å². The molecule has 0 unspecified atom stereocenters. The van der Waals surface area contributed by atoms with Crippen LogP contribution in [0.2, 0.25) is 0 Å². The van der Waals surface area contributed by atoms with E-state index >= 15 is 0 Å². The third-order valence-electron chi connectivity index (χ3n) is 5.08. The van der Waals surface area contributed by atoms with Gasteiger partial charge >= 0.3 is 5.97 Å². The van der Waals surface area contributed by atoms with E-state index in [1.165, 1.54) is 23.8 Å². The number of hydrogen-bond acceptors (Lipinski definition) is 4. The summed E-state index contributed by atoms with van der Waals surface area (Å²) in [5, 5.41) is 3.68. The number of carbonyl (C=O) groups excluding carboxylic acids is 1. The molecule has 2 heterocycles. The maximum atomic E-state index is 11.6. The van der Waals surface area contributed by atoms with Crippen molar-refractivity contribution in [2.45, 2.75) is 25.5 Å². The van der Waals surface area contributed by atoms with Crippen molar-refractivity contribution < 1.29 is 14.3 Å². The Bertz CT molecular complexity index is 769. The summed E-state index contributed by atoms with van der Waals surface area (Å²) in [5.41, 5.74) is 5.41. The fraction of sp³-hybridized carbons (Fsp3) is 0.350. The largest absolute Gasteiger partial charge is 0.465 e. The third-order valence-corrected chi connectivity index (χ3v) is 5.08. The lowest BCUT2D eigenvalue weighted by molar-refractivity contribution is 0.0600. The molecule has 0 spiro atoms. The molecular formula is C20H21NO3. The molecule has 0 aliphatic carbocycles. The van der Waals surface area contributed by atoms with Crippen molar-refractivity contribution in [3.05, 3.63) is 64.7 Å². The number of esters is 1. The van der Waals surface area contributed by atoms with Crippen LogP contribution in [0.1, 0.15) is 45.6 Å². The van der Waals surface area contributed by atoms with E-state index in [0.29, 0.717) is 11.5 Å². The maximum absolute atomic E-state index is 11.6. The zero-order valence-corrected chi connectivity index (χ0v) is 13.9. The molecule has 0 radical (unpaired) electrons. The van der Waals surface area contributed by atoms with Crippen molar-refractivity contribution in [1.29, 1.82) is 0 Å². The number of ether oxygens (including phenoxy) is 2. The van der Waals surface area contributed by atoms with Crippen LogP contribution in [-0.4, -0.2) is 19.7 Å². The van der Waals surface area contributed by atoms with Gasteiger partial charge in [-0.25, -0.2) is 4.79 Å². The highest BCUT2D eigenvalue weighted by molar-refractivity contribution is 5.89. The van der Waals surface area contributed by atoms with Crippen molar-refractivity contribution in [2.24, 2.45) is 5.92 Å². The molecule has 4 nitrogen and oxygen atoms in total. The highest BCUT2D eigenvalue weighted by Crippen LogP contribution is 2.49. The van der Waals surface area contributed by atoms with Crippen LogP contribution in [0.4, 0.5) is 5.69 Å².